The Kier molecular flexibility index (Phi) is 4.91. The molecule has 1 aromatic carbocycles. The maximum absolute atomic E-state index is 15.0. The molecule has 8 heteroatoms. The maximum Gasteiger partial charge on any atom is 0.341 e. The van der Waals surface area contributed by atoms with E-state index in [2.05, 4.69) is 11.2 Å². The Bertz CT molecular complexity index is 1020. The highest BCUT2D eigenvalue weighted by atomic mass is 32.1. The second-order valence-electron chi connectivity index (χ2n) is 5.74. The van der Waals surface area contributed by atoms with Crippen LogP contribution in [0.3, 0.4) is 0 Å². The Morgan fingerprint density at radius 1 is 1.46 bits per heavy atom. The zero-order valence-electron chi connectivity index (χ0n) is 14.4. The van der Waals surface area contributed by atoms with Crippen LogP contribution in [0, 0.1) is 17.1 Å². The summed E-state index contributed by atoms with van der Waals surface area (Å²) in [5, 5.41) is 13.9. The van der Waals surface area contributed by atoms with Crippen molar-refractivity contribution in [2.24, 2.45) is 0 Å². The normalized spacial score (nSPS) is 10.9. The molecular formula is C18H16FN3O3S. The van der Waals surface area contributed by atoms with E-state index in [0.717, 1.165) is 11.3 Å². The molecule has 26 heavy (non-hydrogen) atoms. The smallest absolute Gasteiger partial charge is 0.341 e. The molecule has 2 heterocycles. The Labute approximate surface area is 153 Å². The minimum absolute atomic E-state index is 0.0987. The summed E-state index contributed by atoms with van der Waals surface area (Å²) in [6.45, 7) is 5.65. The van der Waals surface area contributed by atoms with Gasteiger partial charge in [0, 0.05) is 11.6 Å². The van der Waals surface area contributed by atoms with Crippen LogP contribution in [-0.2, 0) is 4.74 Å². The van der Waals surface area contributed by atoms with Crippen LogP contribution in [0.5, 0.6) is 5.75 Å². The molecular weight excluding hydrogens is 357 g/mol. The lowest BCUT2D eigenvalue weighted by Crippen LogP contribution is -2.05. The number of nitriles is 1. The van der Waals surface area contributed by atoms with Gasteiger partial charge in [0.1, 0.15) is 11.8 Å². The van der Waals surface area contributed by atoms with Crippen molar-refractivity contribution in [1.82, 2.24) is 9.78 Å². The number of esters is 1. The van der Waals surface area contributed by atoms with Crippen LogP contribution in [0.15, 0.2) is 24.5 Å². The number of benzene rings is 1. The Hall–Kier alpha value is -2.92. The van der Waals surface area contributed by atoms with Gasteiger partial charge in [0.05, 0.1) is 34.7 Å². The monoisotopic (exact) mass is 373 g/mol. The highest BCUT2D eigenvalue weighted by Crippen LogP contribution is 2.37. The van der Waals surface area contributed by atoms with E-state index in [1.807, 2.05) is 13.8 Å². The molecule has 3 aromatic rings. The molecule has 6 nitrogen and oxygen atoms in total. The van der Waals surface area contributed by atoms with Crippen molar-refractivity contribution >= 4 is 27.4 Å². The molecule has 134 valence electrons. The summed E-state index contributed by atoms with van der Waals surface area (Å²) in [7, 11) is 0. The van der Waals surface area contributed by atoms with Crippen LogP contribution in [0.1, 0.15) is 36.7 Å². The lowest BCUT2D eigenvalue weighted by Gasteiger charge is -2.10. The first-order valence-electron chi connectivity index (χ1n) is 7.99. The van der Waals surface area contributed by atoms with Gasteiger partial charge in [-0.2, -0.15) is 10.4 Å². The van der Waals surface area contributed by atoms with E-state index < -0.39 is 11.8 Å². The number of nitrogens with zero attached hydrogens (tertiary/aromatic N) is 3. The molecule has 2 aromatic heterocycles. The Morgan fingerprint density at radius 2 is 2.23 bits per heavy atom. The minimum atomic E-state index is -0.523. The summed E-state index contributed by atoms with van der Waals surface area (Å²) in [5.41, 5.74) is 0.555. The predicted octanol–water partition coefficient (Wildman–Crippen LogP) is 4.06. The Morgan fingerprint density at radius 3 is 2.88 bits per heavy atom. The molecule has 0 atom stereocenters. The molecule has 0 aliphatic carbocycles. The van der Waals surface area contributed by atoms with Crippen LogP contribution in [0.4, 0.5) is 4.39 Å². The molecule has 0 N–H and O–H groups in total. The van der Waals surface area contributed by atoms with Crippen molar-refractivity contribution < 1.29 is 18.7 Å². The largest absolute Gasteiger partial charge is 0.491 e. The molecule has 0 saturated heterocycles. The maximum atomic E-state index is 15.0. The van der Waals surface area contributed by atoms with E-state index >= 15 is 0 Å². The van der Waals surface area contributed by atoms with Crippen LogP contribution in [0.2, 0.25) is 0 Å². The first-order chi connectivity index (χ1) is 12.4. The highest BCUT2D eigenvalue weighted by molar-refractivity contribution is 7.21. The molecule has 0 radical (unpaired) electrons. The molecule has 0 aliphatic rings. The lowest BCUT2D eigenvalue weighted by atomic mass is 10.1. The number of hydrogen-bond donors (Lipinski definition) is 0. The summed E-state index contributed by atoms with van der Waals surface area (Å²) >= 11 is 1.09. The zero-order valence-corrected chi connectivity index (χ0v) is 15.3. The molecule has 0 aliphatic heterocycles. The van der Waals surface area contributed by atoms with E-state index in [1.54, 1.807) is 19.1 Å². The van der Waals surface area contributed by atoms with E-state index in [4.69, 9.17) is 9.47 Å². The molecule has 0 spiro atoms. The van der Waals surface area contributed by atoms with Crippen molar-refractivity contribution in [3.8, 4) is 16.8 Å². The van der Waals surface area contributed by atoms with Crippen molar-refractivity contribution in [2.75, 3.05) is 6.61 Å². The van der Waals surface area contributed by atoms with Gasteiger partial charge in [0.25, 0.3) is 0 Å². The quantitative estimate of drug-likeness (QED) is 0.630. The molecule has 3 rings (SSSR count). The second-order valence-corrected chi connectivity index (χ2v) is 6.74. The number of aromatic nitrogens is 2. The number of carbonyl (C=O) groups excluding carboxylic acids is 1. The third-order valence-corrected chi connectivity index (χ3v) is 4.68. The number of fused-ring (bicyclic) bond motifs is 1. The van der Waals surface area contributed by atoms with Gasteiger partial charge in [-0.1, -0.05) is 0 Å². The number of rotatable bonds is 5. The summed E-state index contributed by atoms with van der Waals surface area (Å²) in [4.78, 5) is 11.8. The fourth-order valence-electron chi connectivity index (χ4n) is 2.46. The number of carbonyl (C=O) groups is 1. The molecule has 0 bridgehead atoms. The number of hydrogen-bond acceptors (Lipinski definition) is 6. The second kappa shape index (κ2) is 7.14. The molecule has 0 amide bonds. The van der Waals surface area contributed by atoms with E-state index in [-0.39, 0.29) is 28.7 Å². The number of thiophene rings is 1. The summed E-state index contributed by atoms with van der Waals surface area (Å²) < 4.78 is 27.3. The highest BCUT2D eigenvalue weighted by Gasteiger charge is 2.20. The van der Waals surface area contributed by atoms with Crippen molar-refractivity contribution in [2.45, 2.75) is 26.9 Å². The van der Waals surface area contributed by atoms with Gasteiger partial charge in [-0.25, -0.2) is 13.9 Å². The number of ether oxygens (including phenoxy) is 2. The van der Waals surface area contributed by atoms with Gasteiger partial charge >= 0.3 is 5.97 Å². The standard InChI is InChI=1S/C18H16FN3O3S/c1-4-24-18(23)12-8-21-22(9-12)17-15(19)14-6-13(25-10(2)3)5-11(7-20)16(14)26-17/h5-6,8-10H,4H2,1-3H3. The van der Waals surface area contributed by atoms with Gasteiger partial charge in [-0.05, 0) is 32.9 Å². The van der Waals surface area contributed by atoms with Crippen LogP contribution in [0.25, 0.3) is 15.1 Å². The van der Waals surface area contributed by atoms with Crippen molar-refractivity contribution in [3.05, 3.63) is 41.5 Å². The predicted molar refractivity (Wildman–Crippen MR) is 95.3 cm³/mol. The van der Waals surface area contributed by atoms with Gasteiger partial charge in [0.2, 0.25) is 0 Å². The summed E-state index contributed by atoms with van der Waals surface area (Å²) in [5.74, 6) is -0.611. The number of halogens is 1. The van der Waals surface area contributed by atoms with Gasteiger partial charge in [-0.3, -0.25) is 0 Å². The lowest BCUT2D eigenvalue weighted by molar-refractivity contribution is 0.0526. The van der Waals surface area contributed by atoms with Gasteiger partial charge < -0.3 is 9.47 Å². The topological polar surface area (TPSA) is 77.1 Å². The minimum Gasteiger partial charge on any atom is -0.491 e. The third kappa shape index (κ3) is 3.26. The van der Waals surface area contributed by atoms with E-state index in [0.29, 0.717) is 16.0 Å². The zero-order chi connectivity index (χ0) is 18.8. The average Bonchev–Trinajstić information content (AvgIpc) is 3.19. The SMILES string of the molecule is CCOC(=O)c1cnn(-c2sc3c(C#N)cc(OC(C)C)cc3c2F)c1. The van der Waals surface area contributed by atoms with Crippen LogP contribution in [-0.4, -0.2) is 28.5 Å². The van der Waals surface area contributed by atoms with Crippen LogP contribution < -0.4 is 4.74 Å². The molecule has 0 unspecified atom stereocenters. The fraction of sp³-hybridized carbons (Fsp3) is 0.278. The first kappa shape index (κ1) is 17.9. The van der Waals surface area contributed by atoms with Crippen molar-refractivity contribution in [1.29, 1.82) is 5.26 Å². The van der Waals surface area contributed by atoms with Crippen molar-refractivity contribution in [3.63, 3.8) is 0 Å². The molecule has 0 saturated carbocycles. The van der Waals surface area contributed by atoms with Gasteiger partial charge in [-0.15, -0.1) is 11.3 Å². The van der Waals surface area contributed by atoms with Gasteiger partial charge in [0.15, 0.2) is 10.8 Å². The third-order valence-electron chi connectivity index (χ3n) is 3.48. The fourth-order valence-corrected chi connectivity index (χ4v) is 3.52. The summed E-state index contributed by atoms with van der Waals surface area (Å²) in [6, 6.07) is 5.24. The average molecular weight is 373 g/mol. The first-order valence-corrected chi connectivity index (χ1v) is 8.81. The van der Waals surface area contributed by atoms with E-state index in [1.165, 1.54) is 17.1 Å². The van der Waals surface area contributed by atoms with E-state index in [9.17, 15) is 14.4 Å². The van der Waals surface area contributed by atoms with Crippen LogP contribution >= 0.6 is 11.3 Å². The Balaban J connectivity index is 2.09. The molecule has 0 fully saturated rings. The summed E-state index contributed by atoms with van der Waals surface area (Å²) in [6.07, 6.45) is 2.63.